The van der Waals surface area contributed by atoms with Crippen LogP contribution in [0.25, 0.3) is 117 Å². The van der Waals surface area contributed by atoms with Crippen LogP contribution >= 0.6 is 0 Å². The fourth-order valence-corrected chi connectivity index (χ4v) is 13.8. The van der Waals surface area contributed by atoms with Gasteiger partial charge in [0, 0.05) is 38.9 Å². The minimum Gasteiger partial charge on any atom is -0.310 e. The molecule has 0 radical (unpaired) electrons. The molecular formula is C79H60N6+2. The molecule has 15 aromatic rings. The SMILES string of the molecule is C[n+]1c(-c2ccc3c(c2)C(C)(C)c2cc(N(c4ccc(-c5ccccc5)cc4)c4ccc(-c5ccc6c(c5)c5cc(-c7n(-c8ccccc8)c8ccccc8[n+]7C)ccc5n6-c5ccccc5)cc4)ccc2-3)n(-c2ccccc2)c2ccccc21. The van der Waals surface area contributed by atoms with Gasteiger partial charge in [0.05, 0.1) is 36.3 Å². The van der Waals surface area contributed by atoms with E-state index in [2.05, 4.69) is 347 Å². The third kappa shape index (κ3) is 8.01. The van der Waals surface area contributed by atoms with E-state index in [1.54, 1.807) is 0 Å². The molecule has 6 heteroatoms. The first-order valence-corrected chi connectivity index (χ1v) is 29.4. The molecule has 0 saturated heterocycles. The monoisotopic (exact) mass is 1090 g/mol. The van der Waals surface area contributed by atoms with Gasteiger partial charge >= 0.3 is 0 Å². The molecule has 404 valence electrons. The highest BCUT2D eigenvalue weighted by atomic mass is 15.2. The summed E-state index contributed by atoms with van der Waals surface area (Å²) in [6.45, 7) is 4.79. The molecule has 0 saturated carbocycles. The van der Waals surface area contributed by atoms with E-state index in [0.717, 1.165) is 62.5 Å². The van der Waals surface area contributed by atoms with Crippen LogP contribution in [0.5, 0.6) is 0 Å². The van der Waals surface area contributed by atoms with E-state index in [9.17, 15) is 0 Å². The first kappa shape index (κ1) is 50.0. The van der Waals surface area contributed by atoms with E-state index in [4.69, 9.17) is 0 Å². The highest BCUT2D eigenvalue weighted by Crippen LogP contribution is 2.52. The fourth-order valence-electron chi connectivity index (χ4n) is 13.8. The molecular weight excluding hydrogens is 1030 g/mol. The lowest BCUT2D eigenvalue weighted by atomic mass is 9.81. The number of aryl methyl sites for hydroxylation is 2. The topological polar surface area (TPSA) is 25.8 Å². The van der Waals surface area contributed by atoms with Crippen molar-refractivity contribution >= 4 is 60.9 Å². The quantitative estimate of drug-likeness (QED) is 0.125. The Kier molecular flexibility index (Phi) is 11.6. The zero-order valence-electron chi connectivity index (χ0n) is 47.9. The molecule has 3 heterocycles. The third-order valence-electron chi connectivity index (χ3n) is 18.0. The minimum atomic E-state index is -0.285. The van der Waals surface area contributed by atoms with Gasteiger partial charge in [-0.2, -0.15) is 9.13 Å². The Labute approximate surface area is 494 Å². The Balaban J connectivity index is 0.802. The third-order valence-corrected chi connectivity index (χ3v) is 18.0. The first-order chi connectivity index (χ1) is 41.8. The summed E-state index contributed by atoms with van der Waals surface area (Å²) in [5, 5.41) is 2.40. The Morgan fingerprint density at radius 2 is 0.659 bits per heavy atom. The summed E-state index contributed by atoms with van der Waals surface area (Å²) in [7, 11) is 4.38. The van der Waals surface area contributed by atoms with Crippen LogP contribution in [-0.2, 0) is 19.5 Å². The van der Waals surface area contributed by atoms with Gasteiger partial charge in [0.25, 0.3) is 11.6 Å². The molecule has 0 unspecified atom stereocenters. The normalized spacial score (nSPS) is 12.6. The average molecular weight is 1090 g/mol. The summed E-state index contributed by atoms with van der Waals surface area (Å²) in [5.74, 6) is 2.28. The number of hydrogen-bond donors (Lipinski definition) is 0. The summed E-state index contributed by atoms with van der Waals surface area (Å²) in [5.41, 5.74) is 25.7. The molecule has 0 aliphatic heterocycles. The van der Waals surface area contributed by atoms with Crippen LogP contribution < -0.4 is 14.0 Å². The van der Waals surface area contributed by atoms with Crippen molar-refractivity contribution in [3.63, 3.8) is 0 Å². The molecule has 0 amide bonds. The minimum absolute atomic E-state index is 0.285. The maximum atomic E-state index is 2.45. The van der Waals surface area contributed by atoms with Crippen LogP contribution in [0.4, 0.5) is 17.1 Å². The van der Waals surface area contributed by atoms with Crippen LogP contribution in [-0.4, -0.2) is 13.7 Å². The highest BCUT2D eigenvalue weighted by Gasteiger charge is 2.38. The molecule has 0 atom stereocenters. The number of aromatic nitrogens is 5. The number of fused-ring (bicyclic) bond motifs is 8. The molecule has 1 aliphatic carbocycles. The number of rotatable bonds is 10. The van der Waals surface area contributed by atoms with Gasteiger partial charge in [0.1, 0.15) is 11.4 Å². The molecule has 16 rings (SSSR count). The number of benzene rings is 12. The lowest BCUT2D eigenvalue weighted by molar-refractivity contribution is -0.633. The van der Waals surface area contributed by atoms with Crippen LogP contribution in [0.1, 0.15) is 25.0 Å². The van der Waals surface area contributed by atoms with Crippen molar-refractivity contribution in [3.05, 3.63) is 302 Å². The fraction of sp³-hybridized carbons (Fsp3) is 0.0633. The van der Waals surface area contributed by atoms with E-state index in [0.29, 0.717) is 0 Å². The first-order valence-electron chi connectivity index (χ1n) is 29.4. The summed E-state index contributed by atoms with van der Waals surface area (Å²) >= 11 is 0. The number of nitrogens with zero attached hydrogens (tertiary/aromatic N) is 6. The predicted octanol–water partition coefficient (Wildman–Crippen LogP) is 18.8. The van der Waals surface area contributed by atoms with Gasteiger partial charge in [-0.1, -0.05) is 166 Å². The van der Waals surface area contributed by atoms with Crippen LogP contribution in [0.15, 0.2) is 291 Å². The van der Waals surface area contributed by atoms with Crippen LogP contribution in [0, 0.1) is 0 Å². The lowest BCUT2D eigenvalue weighted by Crippen LogP contribution is -2.30. The second kappa shape index (κ2) is 19.7. The van der Waals surface area contributed by atoms with Crippen molar-refractivity contribution in [2.24, 2.45) is 14.1 Å². The molecule has 85 heavy (non-hydrogen) atoms. The molecule has 1 aliphatic rings. The summed E-state index contributed by atoms with van der Waals surface area (Å²) < 4.78 is 11.9. The molecule has 0 fully saturated rings. The largest absolute Gasteiger partial charge is 0.310 e. The van der Waals surface area contributed by atoms with Gasteiger partial charge in [-0.15, -0.1) is 0 Å². The Bertz CT molecular complexity index is 5070. The van der Waals surface area contributed by atoms with Gasteiger partial charge in [0.2, 0.25) is 0 Å². The van der Waals surface area contributed by atoms with E-state index in [1.807, 2.05) is 0 Å². The van der Waals surface area contributed by atoms with Crippen LogP contribution in [0.2, 0.25) is 0 Å². The van der Waals surface area contributed by atoms with Crippen molar-refractivity contribution in [2.75, 3.05) is 4.90 Å². The summed E-state index contributed by atoms with van der Waals surface area (Å²) in [6, 6.07) is 107. The maximum absolute atomic E-state index is 2.45. The lowest BCUT2D eigenvalue weighted by Gasteiger charge is -2.28. The van der Waals surface area contributed by atoms with Gasteiger partial charge in [-0.3, -0.25) is 0 Å². The zero-order valence-corrected chi connectivity index (χ0v) is 47.9. The Morgan fingerprint density at radius 3 is 1.19 bits per heavy atom. The maximum Gasteiger partial charge on any atom is 0.294 e. The molecule has 0 N–H and O–H groups in total. The van der Waals surface area contributed by atoms with Gasteiger partial charge in [0.15, 0.2) is 22.1 Å². The highest BCUT2D eigenvalue weighted by molar-refractivity contribution is 6.11. The molecule has 3 aromatic heterocycles. The smallest absolute Gasteiger partial charge is 0.294 e. The molecule has 12 aromatic carbocycles. The van der Waals surface area contributed by atoms with Crippen molar-refractivity contribution in [2.45, 2.75) is 19.3 Å². The van der Waals surface area contributed by atoms with Crippen molar-refractivity contribution < 1.29 is 9.13 Å². The van der Waals surface area contributed by atoms with Crippen molar-refractivity contribution in [1.82, 2.24) is 13.7 Å². The van der Waals surface area contributed by atoms with E-state index >= 15 is 0 Å². The molecule has 0 bridgehead atoms. The Hall–Kier alpha value is -10.8. The Morgan fingerprint density at radius 1 is 0.294 bits per heavy atom. The van der Waals surface area contributed by atoms with Gasteiger partial charge in [-0.05, 0) is 184 Å². The number of para-hydroxylation sites is 7. The van der Waals surface area contributed by atoms with E-state index in [1.165, 1.54) is 82.8 Å². The number of imidazole rings is 2. The van der Waals surface area contributed by atoms with E-state index in [-0.39, 0.29) is 5.41 Å². The summed E-state index contributed by atoms with van der Waals surface area (Å²) in [6.07, 6.45) is 0. The zero-order chi connectivity index (χ0) is 56.9. The number of hydrogen-bond acceptors (Lipinski definition) is 1. The van der Waals surface area contributed by atoms with Gasteiger partial charge < -0.3 is 9.47 Å². The van der Waals surface area contributed by atoms with Crippen molar-refractivity contribution in [3.8, 4) is 73.2 Å². The predicted molar refractivity (Wildman–Crippen MR) is 351 cm³/mol. The second-order valence-corrected chi connectivity index (χ2v) is 23.1. The molecule has 6 nitrogen and oxygen atoms in total. The summed E-state index contributed by atoms with van der Waals surface area (Å²) in [4.78, 5) is 2.43. The average Bonchev–Trinajstić information content (AvgIpc) is 2.32. The standard InChI is InChI=1S/C79H60N6/c1-79(2)69-51-58(78-81(4)74-30-18-20-32-76(74)85(78)61-27-15-8-16-28-61)37-45-65(69)66-46-44-64(52-70(66)79)82(62-40-33-54(34-41-62)53-21-9-5-10-22-53)63-42-35-55(36-43-63)56-38-47-71-67(49-56)68-50-57(39-48-72(68)83(71)59-23-11-6-12-24-59)77-80(3)73-29-17-19-31-75(73)84(77)60-25-13-7-14-26-60/h5-52H,1-4H3/q+2. The number of anilines is 3. The van der Waals surface area contributed by atoms with Crippen LogP contribution in [0.3, 0.4) is 0 Å². The second-order valence-electron chi connectivity index (χ2n) is 23.1. The van der Waals surface area contributed by atoms with Gasteiger partial charge in [-0.25, -0.2) is 9.13 Å². The van der Waals surface area contributed by atoms with E-state index < -0.39 is 0 Å². The van der Waals surface area contributed by atoms with Crippen molar-refractivity contribution in [1.29, 1.82) is 0 Å². The molecule has 0 spiro atoms.